The topological polar surface area (TPSA) is 33.1 Å². The highest BCUT2D eigenvalue weighted by Crippen LogP contribution is 2.38. The third kappa shape index (κ3) is 2.20. The molecule has 0 saturated heterocycles. The second-order valence-electron chi connectivity index (χ2n) is 4.75. The Morgan fingerprint density at radius 3 is 2.83 bits per heavy atom. The Morgan fingerprint density at radius 2 is 2.11 bits per heavy atom. The van der Waals surface area contributed by atoms with Crippen LogP contribution in [-0.4, -0.2) is 16.2 Å². The Kier molecular flexibility index (Phi) is 3.18. The number of benzene rings is 1. The van der Waals surface area contributed by atoms with Crippen molar-refractivity contribution in [3.63, 3.8) is 0 Å². The van der Waals surface area contributed by atoms with Crippen molar-refractivity contribution in [1.82, 2.24) is 4.98 Å². The van der Waals surface area contributed by atoms with Crippen molar-refractivity contribution in [3.8, 4) is 0 Å². The summed E-state index contributed by atoms with van der Waals surface area (Å²) in [5, 5.41) is 10.3. The molecular weight excluding hydrogens is 290 g/mol. The molecule has 1 aromatic heterocycles. The molecule has 0 bridgehead atoms. The van der Waals surface area contributed by atoms with E-state index in [0.717, 1.165) is 16.6 Å². The number of rotatable bonds is 3. The van der Waals surface area contributed by atoms with Gasteiger partial charge in [0.25, 0.3) is 0 Å². The van der Waals surface area contributed by atoms with E-state index in [4.69, 9.17) is 0 Å². The van der Waals surface area contributed by atoms with Crippen molar-refractivity contribution in [2.75, 3.05) is 0 Å². The molecule has 2 nitrogen and oxygen atoms in total. The van der Waals surface area contributed by atoms with E-state index in [2.05, 4.69) is 39.1 Å². The smallest absolute Gasteiger partial charge is 0.0667 e. The molecule has 3 rings (SSSR count). The van der Waals surface area contributed by atoms with Gasteiger partial charge in [-0.1, -0.05) is 24.3 Å². The number of pyridine rings is 1. The lowest BCUT2D eigenvalue weighted by Gasteiger charge is -2.33. The highest BCUT2D eigenvalue weighted by atomic mass is 79.9. The van der Waals surface area contributed by atoms with Gasteiger partial charge < -0.3 is 5.11 Å². The summed E-state index contributed by atoms with van der Waals surface area (Å²) in [6.45, 7) is 0. The maximum absolute atomic E-state index is 10.3. The standard InChI is InChI=1S/C15H14BrNO/c16-11-5-6-12(17-9-11)8-15(18)14-7-10-3-1-2-4-13(10)14/h1-6,9,14-15,18H,7-8H2. The predicted molar refractivity (Wildman–Crippen MR) is 74.5 cm³/mol. The monoisotopic (exact) mass is 303 g/mol. The maximum Gasteiger partial charge on any atom is 0.0667 e. The lowest BCUT2D eigenvalue weighted by Crippen LogP contribution is -2.30. The third-order valence-corrected chi connectivity index (χ3v) is 4.03. The molecule has 0 spiro atoms. The second-order valence-corrected chi connectivity index (χ2v) is 5.66. The van der Waals surface area contributed by atoms with Crippen LogP contribution in [0.4, 0.5) is 0 Å². The van der Waals surface area contributed by atoms with Gasteiger partial charge in [0, 0.05) is 28.7 Å². The Hall–Kier alpha value is -1.19. The molecule has 2 atom stereocenters. The van der Waals surface area contributed by atoms with Crippen molar-refractivity contribution in [2.45, 2.75) is 24.9 Å². The quantitative estimate of drug-likeness (QED) is 0.945. The normalized spacial score (nSPS) is 18.9. The SMILES string of the molecule is OC(Cc1ccc(Br)cn1)C1Cc2ccccc21. The number of aliphatic hydroxyl groups is 1. The first-order valence-electron chi connectivity index (χ1n) is 6.10. The molecule has 1 aliphatic carbocycles. The molecule has 0 aliphatic heterocycles. The molecule has 0 amide bonds. The van der Waals surface area contributed by atoms with Gasteiger partial charge in [-0.3, -0.25) is 4.98 Å². The zero-order chi connectivity index (χ0) is 12.5. The number of hydrogen-bond donors (Lipinski definition) is 1. The summed E-state index contributed by atoms with van der Waals surface area (Å²) in [7, 11) is 0. The van der Waals surface area contributed by atoms with Crippen LogP contribution in [0.25, 0.3) is 0 Å². The van der Waals surface area contributed by atoms with Crippen LogP contribution in [-0.2, 0) is 12.8 Å². The Bertz CT molecular complexity index is 553. The van der Waals surface area contributed by atoms with Gasteiger partial charge in [0.05, 0.1) is 6.10 Å². The number of aliphatic hydroxyl groups excluding tert-OH is 1. The van der Waals surface area contributed by atoms with E-state index in [-0.39, 0.29) is 12.0 Å². The Balaban J connectivity index is 1.70. The summed E-state index contributed by atoms with van der Waals surface area (Å²) in [4.78, 5) is 4.31. The Morgan fingerprint density at radius 1 is 1.28 bits per heavy atom. The van der Waals surface area contributed by atoms with Crippen molar-refractivity contribution < 1.29 is 5.11 Å². The van der Waals surface area contributed by atoms with Gasteiger partial charge >= 0.3 is 0 Å². The van der Waals surface area contributed by atoms with Gasteiger partial charge in [0.15, 0.2) is 0 Å². The van der Waals surface area contributed by atoms with Crippen LogP contribution in [0.1, 0.15) is 22.7 Å². The average Bonchev–Trinajstić information content (AvgIpc) is 2.34. The first-order valence-corrected chi connectivity index (χ1v) is 6.89. The summed E-state index contributed by atoms with van der Waals surface area (Å²) in [5.74, 6) is 0.270. The lowest BCUT2D eigenvalue weighted by atomic mass is 9.73. The van der Waals surface area contributed by atoms with Gasteiger partial charge in [-0.15, -0.1) is 0 Å². The fraction of sp³-hybridized carbons (Fsp3) is 0.267. The van der Waals surface area contributed by atoms with Crippen LogP contribution in [0.3, 0.4) is 0 Å². The largest absolute Gasteiger partial charge is 0.392 e. The molecule has 1 aliphatic rings. The maximum atomic E-state index is 10.3. The minimum Gasteiger partial charge on any atom is -0.392 e. The van der Waals surface area contributed by atoms with Gasteiger partial charge in [-0.25, -0.2) is 0 Å². The third-order valence-electron chi connectivity index (χ3n) is 3.57. The molecule has 3 heteroatoms. The zero-order valence-electron chi connectivity index (χ0n) is 9.88. The van der Waals surface area contributed by atoms with Crippen molar-refractivity contribution in [2.24, 2.45) is 0 Å². The van der Waals surface area contributed by atoms with E-state index < -0.39 is 0 Å². The molecule has 2 aromatic rings. The molecule has 1 aromatic carbocycles. The summed E-state index contributed by atoms with van der Waals surface area (Å²) >= 11 is 3.36. The molecule has 0 radical (unpaired) electrons. The van der Waals surface area contributed by atoms with Gasteiger partial charge in [0.2, 0.25) is 0 Å². The van der Waals surface area contributed by atoms with E-state index in [1.54, 1.807) is 6.20 Å². The van der Waals surface area contributed by atoms with E-state index in [0.29, 0.717) is 6.42 Å². The van der Waals surface area contributed by atoms with Crippen LogP contribution in [0.15, 0.2) is 47.1 Å². The fourth-order valence-corrected chi connectivity index (χ4v) is 2.76. The minimum absolute atomic E-state index is 0.270. The summed E-state index contributed by atoms with van der Waals surface area (Å²) in [6.07, 6.45) is 3.03. The van der Waals surface area contributed by atoms with Crippen LogP contribution >= 0.6 is 15.9 Å². The highest BCUT2D eigenvalue weighted by molar-refractivity contribution is 9.10. The van der Waals surface area contributed by atoms with Crippen molar-refractivity contribution in [1.29, 1.82) is 0 Å². The molecule has 92 valence electrons. The van der Waals surface area contributed by atoms with Crippen LogP contribution < -0.4 is 0 Å². The van der Waals surface area contributed by atoms with E-state index in [1.807, 2.05) is 18.2 Å². The van der Waals surface area contributed by atoms with E-state index >= 15 is 0 Å². The number of hydrogen-bond acceptors (Lipinski definition) is 2. The Labute approximate surface area is 115 Å². The predicted octanol–water partition coefficient (Wildman–Crippen LogP) is 3.09. The van der Waals surface area contributed by atoms with Crippen LogP contribution in [0.2, 0.25) is 0 Å². The molecule has 2 unspecified atom stereocenters. The fourth-order valence-electron chi connectivity index (χ4n) is 2.52. The highest BCUT2D eigenvalue weighted by Gasteiger charge is 2.31. The van der Waals surface area contributed by atoms with Gasteiger partial charge in [0.1, 0.15) is 0 Å². The van der Waals surface area contributed by atoms with E-state index in [1.165, 1.54) is 11.1 Å². The van der Waals surface area contributed by atoms with Crippen LogP contribution in [0.5, 0.6) is 0 Å². The van der Waals surface area contributed by atoms with Crippen molar-refractivity contribution in [3.05, 3.63) is 63.9 Å². The molecule has 1 heterocycles. The molecule has 0 saturated carbocycles. The second kappa shape index (κ2) is 4.82. The average molecular weight is 304 g/mol. The molecule has 18 heavy (non-hydrogen) atoms. The van der Waals surface area contributed by atoms with Gasteiger partial charge in [-0.2, -0.15) is 0 Å². The number of aromatic nitrogens is 1. The first kappa shape index (κ1) is 11.9. The van der Waals surface area contributed by atoms with Gasteiger partial charge in [-0.05, 0) is 45.6 Å². The number of halogens is 1. The van der Waals surface area contributed by atoms with E-state index in [9.17, 15) is 5.11 Å². The lowest BCUT2D eigenvalue weighted by molar-refractivity contribution is 0.132. The summed E-state index contributed by atoms with van der Waals surface area (Å²) in [6, 6.07) is 12.3. The summed E-state index contributed by atoms with van der Waals surface area (Å²) in [5.41, 5.74) is 3.60. The molecular formula is C15H14BrNO. The zero-order valence-corrected chi connectivity index (χ0v) is 11.5. The number of fused-ring (bicyclic) bond motifs is 1. The minimum atomic E-state index is -0.339. The first-order chi connectivity index (χ1) is 8.74. The summed E-state index contributed by atoms with van der Waals surface area (Å²) < 4.78 is 0.967. The molecule has 1 N–H and O–H groups in total. The van der Waals surface area contributed by atoms with Crippen LogP contribution in [0, 0.1) is 0 Å². The number of nitrogens with zero attached hydrogens (tertiary/aromatic N) is 1. The van der Waals surface area contributed by atoms with Crippen molar-refractivity contribution >= 4 is 15.9 Å². The molecule has 0 fully saturated rings.